The number of ketones is 1. The maximum Gasteiger partial charge on any atom is 0.322 e. The van der Waals surface area contributed by atoms with Gasteiger partial charge in [0.05, 0.1) is 19.8 Å². The molecule has 6 heteroatoms. The number of aromatic nitrogens is 2. The Balaban J connectivity index is 2.28. The minimum absolute atomic E-state index is 0.0307. The first-order valence-corrected chi connectivity index (χ1v) is 6.23. The van der Waals surface area contributed by atoms with Crippen LogP contribution in [0.4, 0.5) is 0 Å². The van der Waals surface area contributed by atoms with Crippen molar-refractivity contribution in [1.29, 1.82) is 0 Å². The van der Waals surface area contributed by atoms with Gasteiger partial charge in [-0.3, -0.25) is 9.59 Å². The Hall–Kier alpha value is -1.82. The number of esters is 1. The second-order valence-corrected chi connectivity index (χ2v) is 4.37. The van der Waals surface area contributed by atoms with Crippen LogP contribution in [0.25, 0.3) is 0 Å². The molecule has 2 heterocycles. The van der Waals surface area contributed by atoms with E-state index >= 15 is 0 Å². The summed E-state index contributed by atoms with van der Waals surface area (Å²) in [6, 6.07) is 1.68. The third-order valence-electron chi connectivity index (χ3n) is 3.10. The summed E-state index contributed by atoms with van der Waals surface area (Å²) in [6.07, 6.45) is 3.49. The van der Waals surface area contributed by atoms with E-state index in [-0.39, 0.29) is 31.8 Å². The van der Waals surface area contributed by atoms with Gasteiger partial charge in [0.1, 0.15) is 5.82 Å². The zero-order valence-electron chi connectivity index (χ0n) is 10.8. The molecule has 1 aliphatic rings. The summed E-state index contributed by atoms with van der Waals surface area (Å²) < 4.78 is 10.4. The van der Waals surface area contributed by atoms with Crippen molar-refractivity contribution in [3.63, 3.8) is 0 Å². The molecule has 1 unspecified atom stereocenters. The number of carbonyl (C=O) groups excluding carboxylic acids is 2. The van der Waals surface area contributed by atoms with Gasteiger partial charge >= 0.3 is 5.97 Å². The van der Waals surface area contributed by atoms with Gasteiger partial charge in [-0.05, 0) is 13.0 Å². The number of hydrogen-bond acceptors (Lipinski definition) is 6. The predicted octanol–water partition coefficient (Wildman–Crippen LogP) is 0.558. The Kier molecular flexibility index (Phi) is 4.21. The second-order valence-electron chi connectivity index (χ2n) is 4.37. The van der Waals surface area contributed by atoms with Crippen molar-refractivity contribution in [2.45, 2.75) is 19.8 Å². The maximum atomic E-state index is 12.2. The first kappa shape index (κ1) is 13.6. The minimum atomic E-state index is -1.30. The summed E-state index contributed by atoms with van der Waals surface area (Å²) in [4.78, 5) is 32.5. The van der Waals surface area contributed by atoms with Crippen molar-refractivity contribution in [1.82, 2.24) is 9.97 Å². The Morgan fingerprint density at radius 2 is 2.21 bits per heavy atom. The molecule has 1 saturated heterocycles. The Morgan fingerprint density at radius 1 is 1.47 bits per heavy atom. The molecule has 1 fully saturated rings. The van der Waals surface area contributed by atoms with Gasteiger partial charge in [0.15, 0.2) is 11.2 Å². The molecule has 0 aliphatic carbocycles. The molecule has 0 aromatic carbocycles. The SMILES string of the molecule is CCOC(=O)C1(Cc2ncccn2)COCCC1=O. The van der Waals surface area contributed by atoms with Gasteiger partial charge < -0.3 is 9.47 Å². The third-order valence-corrected chi connectivity index (χ3v) is 3.10. The van der Waals surface area contributed by atoms with Crippen LogP contribution in [0.2, 0.25) is 0 Å². The van der Waals surface area contributed by atoms with E-state index in [1.165, 1.54) is 0 Å². The number of carbonyl (C=O) groups is 2. The van der Waals surface area contributed by atoms with Crippen LogP contribution in [0, 0.1) is 5.41 Å². The van der Waals surface area contributed by atoms with Crippen molar-refractivity contribution < 1.29 is 19.1 Å². The van der Waals surface area contributed by atoms with Gasteiger partial charge in [-0.2, -0.15) is 0 Å². The maximum absolute atomic E-state index is 12.2. The molecule has 1 aromatic rings. The molecule has 0 radical (unpaired) electrons. The topological polar surface area (TPSA) is 78.4 Å². The fraction of sp³-hybridized carbons (Fsp3) is 0.538. The van der Waals surface area contributed by atoms with E-state index in [0.717, 1.165) is 0 Å². The molecule has 0 amide bonds. The van der Waals surface area contributed by atoms with Crippen LogP contribution in [-0.2, 0) is 25.5 Å². The second kappa shape index (κ2) is 5.88. The highest BCUT2D eigenvalue weighted by atomic mass is 16.5. The van der Waals surface area contributed by atoms with Crippen LogP contribution in [0.15, 0.2) is 18.5 Å². The van der Waals surface area contributed by atoms with E-state index in [1.54, 1.807) is 25.4 Å². The first-order chi connectivity index (χ1) is 9.19. The van der Waals surface area contributed by atoms with Crippen molar-refractivity contribution in [2.75, 3.05) is 19.8 Å². The van der Waals surface area contributed by atoms with Gasteiger partial charge in [0.2, 0.25) is 0 Å². The molecule has 102 valence electrons. The monoisotopic (exact) mass is 264 g/mol. The lowest BCUT2D eigenvalue weighted by Crippen LogP contribution is -2.49. The van der Waals surface area contributed by atoms with Gasteiger partial charge in [-0.15, -0.1) is 0 Å². The standard InChI is InChI=1S/C13H16N2O4/c1-2-19-12(17)13(9-18-7-4-10(13)16)8-11-14-5-3-6-15-11/h3,5-6H,2,4,7-9H2,1H3. The number of ether oxygens (including phenoxy) is 2. The summed E-state index contributed by atoms with van der Waals surface area (Å²) in [5.41, 5.74) is -1.30. The van der Waals surface area contributed by atoms with Gasteiger partial charge in [-0.25, -0.2) is 9.97 Å². The predicted molar refractivity (Wildman–Crippen MR) is 65.2 cm³/mol. The lowest BCUT2D eigenvalue weighted by atomic mass is 9.78. The Bertz CT molecular complexity index is 463. The van der Waals surface area contributed by atoms with E-state index in [9.17, 15) is 9.59 Å². The minimum Gasteiger partial charge on any atom is -0.465 e. The van der Waals surface area contributed by atoms with Crippen LogP contribution >= 0.6 is 0 Å². The average molecular weight is 264 g/mol. The summed E-state index contributed by atoms with van der Waals surface area (Å²) in [6.45, 7) is 2.31. The first-order valence-electron chi connectivity index (χ1n) is 6.23. The van der Waals surface area contributed by atoms with E-state index in [4.69, 9.17) is 9.47 Å². The van der Waals surface area contributed by atoms with Crippen molar-refractivity contribution in [3.8, 4) is 0 Å². The van der Waals surface area contributed by atoms with E-state index in [1.807, 2.05) is 0 Å². The quantitative estimate of drug-likeness (QED) is 0.584. The van der Waals surface area contributed by atoms with Crippen LogP contribution in [0.3, 0.4) is 0 Å². The molecular weight excluding hydrogens is 248 g/mol. The Morgan fingerprint density at radius 3 is 2.84 bits per heavy atom. The molecule has 0 N–H and O–H groups in total. The zero-order valence-corrected chi connectivity index (χ0v) is 10.8. The molecule has 0 spiro atoms. The number of nitrogens with zero attached hydrogens (tertiary/aromatic N) is 2. The molecule has 1 atom stereocenters. The van der Waals surface area contributed by atoms with Crippen molar-refractivity contribution >= 4 is 11.8 Å². The molecule has 0 bridgehead atoms. The van der Waals surface area contributed by atoms with E-state index < -0.39 is 11.4 Å². The van der Waals surface area contributed by atoms with Crippen molar-refractivity contribution in [2.24, 2.45) is 5.41 Å². The van der Waals surface area contributed by atoms with Gasteiger partial charge in [-0.1, -0.05) is 0 Å². The summed E-state index contributed by atoms with van der Waals surface area (Å²) >= 11 is 0. The van der Waals surface area contributed by atoms with Crippen LogP contribution < -0.4 is 0 Å². The largest absolute Gasteiger partial charge is 0.465 e. The van der Waals surface area contributed by atoms with E-state index in [0.29, 0.717) is 12.4 Å². The molecular formula is C13H16N2O4. The Labute approximate surface area is 111 Å². The smallest absolute Gasteiger partial charge is 0.322 e. The fourth-order valence-electron chi connectivity index (χ4n) is 2.09. The highest BCUT2D eigenvalue weighted by molar-refractivity contribution is 6.04. The van der Waals surface area contributed by atoms with Gasteiger partial charge in [0, 0.05) is 25.2 Å². The fourth-order valence-corrected chi connectivity index (χ4v) is 2.09. The molecule has 1 aliphatic heterocycles. The van der Waals surface area contributed by atoms with Gasteiger partial charge in [0.25, 0.3) is 0 Å². The lowest BCUT2D eigenvalue weighted by molar-refractivity contribution is -0.169. The summed E-state index contributed by atoms with van der Waals surface area (Å²) in [5.74, 6) is -0.272. The zero-order chi connectivity index (χ0) is 13.7. The van der Waals surface area contributed by atoms with Crippen LogP contribution in [-0.4, -0.2) is 41.5 Å². The molecule has 0 saturated carbocycles. The van der Waals surface area contributed by atoms with Crippen LogP contribution in [0.1, 0.15) is 19.2 Å². The summed E-state index contributed by atoms with van der Waals surface area (Å²) in [7, 11) is 0. The highest BCUT2D eigenvalue weighted by Crippen LogP contribution is 2.30. The third kappa shape index (κ3) is 2.78. The molecule has 1 aromatic heterocycles. The normalized spacial score (nSPS) is 23.1. The number of rotatable bonds is 4. The molecule has 6 nitrogen and oxygen atoms in total. The highest BCUT2D eigenvalue weighted by Gasteiger charge is 2.49. The van der Waals surface area contributed by atoms with Crippen LogP contribution in [0.5, 0.6) is 0 Å². The molecule has 2 rings (SSSR count). The number of hydrogen-bond donors (Lipinski definition) is 0. The van der Waals surface area contributed by atoms with Crippen molar-refractivity contribution in [3.05, 3.63) is 24.3 Å². The lowest BCUT2D eigenvalue weighted by Gasteiger charge is -2.32. The molecule has 19 heavy (non-hydrogen) atoms. The number of Topliss-reactive ketones (excluding diaryl/α,β-unsaturated/α-hetero) is 1. The average Bonchev–Trinajstić information content (AvgIpc) is 2.43. The van der Waals surface area contributed by atoms with E-state index in [2.05, 4.69) is 9.97 Å². The summed E-state index contributed by atoms with van der Waals surface area (Å²) in [5, 5.41) is 0.